The predicted octanol–water partition coefficient (Wildman–Crippen LogP) is 2.63. The van der Waals surface area contributed by atoms with Crippen LogP contribution in [0, 0.1) is 0 Å². The molecule has 0 heterocycles. The van der Waals surface area contributed by atoms with Crippen molar-refractivity contribution in [2.24, 2.45) is 0 Å². The molecule has 0 saturated heterocycles. The van der Waals surface area contributed by atoms with Gasteiger partial charge in [-0.05, 0) is 51.4 Å². The van der Waals surface area contributed by atoms with Crippen molar-refractivity contribution >= 4 is 0 Å². The molecule has 0 unspecified atom stereocenters. The summed E-state index contributed by atoms with van der Waals surface area (Å²) in [7, 11) is 2.00. The standard InChI is InChI=1S/C13H21NO/c1-4-15-13-9-7-12(8-10-13)6-5-11(2)14-3/h7-11,14H,4-6H2,1-3H3/t11-/m1/s1. The zero-order valence-electron chi connectivity index (χ0n) is 9.92. The Morgan fingerprint density at radius 3 is 2.47 bits per heavy atom. The summed E-state index contributed by atoms with van der Waals surface area (Å²) in [5, 5.41) is 3.24. The van der Waals surface area contributed by atoms with Crippen LogP contribution in [0.15, 0.2) is 24.3 Å². The molecule has 0 spiro atoms. The molecule has 1 N–H and O–H groups in total. The summed E-state index contributed by atoms with van der Waals surface area (Å²) in [6.45, 7) is 4.94. The first-order valence-electron chi connectivity index (χ1n) is 5.65. The van der Waals surface area contributed by atoms with E-state index >= 15 is 0 Å². The van der Waals surface area contributed by atoms with E-state index in [0.29, 0.717) is 6.04 Å². The largest absolute Gasteiger partial charge is 0.494 e. The van der Waals surface area contributed by atoms with E-state index < -0.39 is 0 Å². The lowest BCUT2D eigenvalue weighted by molar-refractivity contribution is 0.340. The van der Waals surface area contributed by atoms with Crippen molar-refractivity contribution in [3.8, 4) is 5.75 Å². The van der Waals surface area contributed by atoms with Gasteiger partial charge in [0.1, 0.15) is 5.75 Å². The molecule has 2 nitrogen and oxygen atoms in total. The maximum atomic E-state index is 5.40. The van der Waals surface area contributed by atoms with Crippen molar-refractivity contribution in [1.29, 1.82) is 0 Å². The molecule has 0 fully saturated rings. The molecule has 0 amide bonds. The molecule has 0 aliphatic heterocycles. The molecule has 1 atom stereocenters. The van der Waals surface area contributed by atoms with Gasteiger partial charge in [0.2, 0.25) is 0 Å². The minimum absolute atomic E-state index is 0.580. The lowest BCUT2D eigenvalue weighted by Crippen LogP contribution is -2.21. The van der Waals surface area contributed by atoms with Gasteiger partial charge in [0.05, 0.1) is 6.61 Å². The van der Waals surface area contributed by atoms with Crippen molar-refractivity contribution in [3.05, 3.63) is 29.8 Å². The topological polar surface area (TPSA) is 21.3 Å². The van der Waals surface area contributed by atoms with Crippen molar-refractivity contribution in [2.45, 2.75) is 32.7 Å². The fourth-order valence-electron chi connectivity index (χ4n) is 1.45. The average Bonchev–Trinajstić information content (AvgIpc) is 2.28. The third-order valence-electron chi connectivity index (χ3n) is 2.59. The number of hydrogen-bond donors (Lipinski definition) is 1. The Bertz CT molecular complexity index is 268. The molecular formula is C13H21NO. The minimum Gasteiger partial charge on any atom is -0.494 e. The highest BCUT2D eigenvalue weighted by Gasteiger charge is 1.99. The molecule has 0 radical (unpaired) electrons. The van der Waals surface area contributed by atoms with Gasteiger partial charge in [-0.25, -0.2) is 0 Å². The highest BCUT2D eigenvalue weighted by molar-refractivity contribution is 5.27. The smallest absolute Gasteiger partial charge is 0.119 e. The van der Waals surface area contributed by atoms with Crippen LogP contribution in [0.4, 0.5) is 0 Å². The Balaban J connectivity index is 2.42. The van der Waals surface area contributed by atoms with Crippen LogP contribution in [-0.4, -0.2) is 19.7 Å². The number of aryl methyl sites for hydroxylation is 1. The van der Waals surface area contributed by atoms with E-state index in [0.717, 1.165) is 18.8 Å². The van der Waals surface area contributed by atoms with Crippen molar-refractivity contribution in [2.75, 3.05) is 13.7 Å². The molecule has 0 aliphatic rings. The third kappa shape index (κ3) is 4.34. The van der Waals surface area contributed by atoms with Crippen LogP contribution in [0.2, 0.25) is 0 Å². The van der Waals surface area contributed by atoms with Crippen LogP contribution >= 0.6 is 0 Å². The summed E-state index contributed by atoms with van der Waals surface area (Å²) in [6, 6.07) is 8.96. The minimum atomic E-state index is 0.580. The van der Waals surface area contributed by atoms with Gasteiger partial charge in [-0.15, -0.1) is 0 Å². The second kappa shape index (κ2) is 6.46. The van der Waals surface area contributed by atoms with E-state index in [1.54, 1.807) is 0 Å². The Kier molecular flexibility index (Phi) is 5.19. The van der Waals surface area contributed by atoms with Crippen LogP contribution in [0.3, 0.4) is 0 Å². The van der Waals surface area contributed by atoms with Crippen LogP contribution in [0.1, 0.15) is 25.8 Å². The summed E-state index contributed by atoms with van der Waals surface area (Å²) in [4.78, 5) is 0. The van der Waals surface area contributed by atoms with Crippen molar-refractivity contribution < 1.29 is 4.74 Å². The van der Waals surface area contributed by atoms with Gasteiger partial charge in [-0.1, -0.05) is 12.1 Å². The van der Waals surface area contributed by atoms with E-state index in [9.17, 15) is 0 Å². The number of ether oxygens (including phenoxy) is 1. The summed E-state index contributed by atoms with van der Waals surface area (Å²) < 4.78 is 5.40. The van der Waals surface area contributed by atoms with Crippen molar-refractivity contribution in [3.63, 3.8) is 0 Å². The first-order valence-corrected chi connectivity index (χ1v) is 5.65. The average molecular weight is 207 g/mol. The Hall–Kier alpha value is -1.02. The first kappa shape index (κ1) is 12.1. The van der Waals surface area contributed by atoms with Crippen LogP contribution in [0.5, 0.6) is 5.75 Å². The number of benzene rings is 1. The summed E-state index contributed by atoms with van der Waals surface area (Å²) >= 11 is 0. The fourth-order valence-corrected chi connectivity index (χ4v) is 1.45. The molecule has 15 heavy (non-hydrogen) atoms. The van der Waals surface area contributed by atoms with Crippen LogP contribution in [-0.2, 0) is 6.42 Å². The molecule has 0 saturated carbocycles. The normalized spacial score (nSPS) is 12.5. The summed E-state index contributed by atoms with van der Waals surface area (Å²) in [5.74, 6) is 0.961. The second-order valence-electron chi connectivity index (χ2n) is 3.81. The number of nitrogens with one attached hydrogen (secondary N) is 1. The van der Waals surface area contributed by atoms with Crippen LogP contribution < -0.4 is 10.1 Å². The van der Waals surface area contributed by atoms with E-state index in [1.807, 2.05) is 26.1 Å². The van der Waals surface area contributed by atoms with Gasteiger partial charge >= 0.3 is 0 Å². The third-order valence-corrected chi connectivity index (χ3v) is 2.59. The zero-order valence-corrected chi connectivity index (χ0v) is 9.92. The van der Waals surface area contributed by atoms with Gasteiger partial charge in [-0.2, -0.15) is 0 Å². The maximum absolute atomic E-state index is 5.40. The lowest BCUT2D eigenvalue weighted by atomic mass is 10.1. The molecular weight excluding hydrogens is 186 g/mol. The lowest BCUT2D eigenvalue weighted by Gasteiger charge is -2.10. The Labute approximate surface area is 92.6 Å². The molecule has 1 aromatic rings. The second-order valence-corrected chi connectivity index (χ2v) is 3.81. The highest BCUT2D eigenvalue weighted by atomic mass is 16.5. The van der Waals surface area contributed by atoms with Crippen molar-refractivity contribution in [1.82, 2.24) is 5.32 Å². The van der Waals surface area contributed by atoms with E-state index in [1.165, 1.54) is 12.0 Å². The molecule has 0 aliphatic carbocycles. The molecule has 84 valence electrons. The highest BCUT2D eigenvalue weighted by Crippen LogP contribution is 2.13. The molecule has 1 aromatic carbocycles. The fraction of sp³-hybridized carbons (Fsp3) is 0.538. The summed E-state index contributed by atoms with van der Waals surface area (Å²) in [6.07, 6.45) is 2.29. The van der Waals surface area contributed by atoms with E-state index in [-0.39, 0.29) is 0 Å². The van der Waals surface area contributed by atoms with Gasteiger partial charge in [0, 0.05) is 6.04 Å². The number of rotatable bonds is 6. The first-order chi connectivity index (χ1) is 7.26. The molecule has 2 heteroatoms. The Morgan fingerprint density at radius 2 is 1.93 bits per heavy atom. The monoisotopic (exact) mass is 207 g/mol. The van der Waals surface area contributed by atoms with Gasteiger partial charge in [0.25, 0.3) is 0 Å². The summed E-state index contributed by atoms with van der Waals surface area (Å²) in [5.41, 5.74) is 1.38. The number of hydrogen-bond acceptors (Lipinski definition) is 2. The van der Waals surface area contributed by atoms with Crippen LogP contribution in [0.25, 0.3) is 0 Å². The van der Waals surface area contributed by atoms with E-state index in [4.69, 9.17) is 4.74 Å². The SMILES string of the molecule is CCOc1ccc(CC[C@@H](C)NC)cc1. The van der Waals surface area contributed by atoms with Gasteiger partial charge in [-0.3, -0.25) is 0 Å². The predicted molar refractivity (Wildman–Crippen MR) is 64.5 cm³/mol. The maximum Gasteiger partial charge on any atom is 0.119 e. The van der Waals surface area contributed by atoms with Gasteiger partial charge in [0.15, 0.2) is 0 Å². The Morgan fingerprint density at radius 1 is 1.27 bits per heavy atom. The van der Waals surface area contributed by atoms with Gasteiger partial charge < -0.3 is 10.1 Å². The van der Waals surface area contributed by atoms with E-state index in [2.05, 4.69) is 24.4 Å². The molecule has 1 rings (SSSR count). The quantitative estimate of drug-likeness (QED) is 0.774. The zero-order chi connectivity index (χ0) is 11.1. The molecule has 0 bridgehead atoms. The molecule has 0 aromatic heterocycles.